The van der Waals surface area contributed by atoms with E-state index in [0.29, 0.717) is 12.8 Å². The van der Waals surface area contributed by atoms with Gasteiger partial charge in [0.25, 0.3) is 0 Å². The minimum Gasteiger partial charge on any atom is -0.481 e. The number of carboxylic acids is 1. The van der Waals surface area contributed by atoms with Crippen molar-refractivity contribution in [3.05, 3.63) is 12.2 Å². The van der Waals surface area contributed by atoms with Gasteiger partial charge in [0, 0.05) is 12.5 Å². The van der Waals surface area contributed by atoms with Gasteiger partial charge in [0.1, 0.15) is 0 Å². The van der Waals surface area contributed by atoms with Crippen molar-refractivity contribution in [2.45, 2.75) is 57.9 Å². The summed E-state index contributed by atoms with van der Waals surface area (Å²) in [5.41, 5.74) is 0. The molecule has 0 radical (unpaired) electrons. The Morgan fingerprint density at radius 3 is 2.56 bits per heavy atom. The van der Waals surface area contributed by atoms with Crippen LogP contribution in [0, 0.1) is 5.92 Å². The number of hydrogen-bond acceptors (Lipinski definition) is 2. The van der Waals surface area contributed by atoms with E-state index in [0.717, 1.165) is 12.8 Å². The summed E-state index contributed by atoms with van der Waals surface area (Å²) in [6.07, 6.45) is 10.1. The number of carboxylic acid groups (broad SMARTS) is 1. The van der Waals surface area contributed by atoms with Crippen LogP contribution < -0.4 is 5.32 Å². The van der Waals surface area contributed by atoms with E-state index in [1.807, 2.05) is 0 Å². The number of hydrogen-bond donors (Lipinski definition) is 2. The molecule has 2 N–H and O–H groups in total. The highest BCUT2D eigenvalue weighted by Crippen LogP contribution is 2.18. The van der Waals surface area contributed by atoms with Gasteiger partial charge in [-0.05, 0) is 12.8 Å². The molecule has 102 valence electrons. The van der Waals surface area contributed by atoms with Gasteiger partial charge in [-0.1, -0.05) is 44.8 Å². The minimum absolute atomic E-state index is 0.0344. The number of aliphatic carboxylic acids is 1. The summed E-state index contributed by atoms with van der Waals surface area (Å²) >= 11 is 0. The van der Waals surface area contributed by atoms with Crippen LogP contribution in [0.15, 0.2) is 12.2 Å². The molecule has 18 heavy (non-hydrogen) atoms. The van der Waals surface area contributed by atoms with Crippen LogP contribution in [-0.4, -0.2) is 23.0 Å². The second-order valence-electron chi connectivity index (χ2n) is 4.90. The zero-order valence-corrected chi connectivity index (χ0v) is 11.0. The summed E-state index contributed by atoms with van der Waals surface area (Å²) in [5, 5.41) is 11.7. The van der Waals surface area contributed by atoms with Crippen molar-refractivity contribution < 1.29 is 14.7 Å². The molecule has 1 rings (SSSR count). The number of carbonyl (C=O) groups is 2. The summed E-state index contributed by atoms with van der Waals surface area (Å²) in [6, 6.07) is -0.103. The molecule has 1 aliphatic carbocycles. The van der Waals surface area contributed by atoms with Crippen LogP contribution in [0.2, 0.25) is 0 Å². The number of amides is 1. The van der Waals surface area contributed by atoms with Crippen molar-refractivity contribution in [2.75, 3.05) is 0 Å². The minimum atomic E-state index is -0.817. The third kappa shape index (κ3) is 5.34. The molecule has 1 aliphatic rings. The smallest absolute Gasteiger partial charge is 0.310 e. The summed E-state index contributed by atoms with van der Waals surface area (Å²) < 4.78 is 0. The lowest BCUT2D eigenvalue weighted by Gasteiger charge is -2.11. The molecule has 0 aliphatic heterocycles. The molecule has 0 spiro atoms. The van der Waals surface area contributed by atoms with Crippen LogP contribution in [0.1, 0.15) is 51.9 Å². The second-order valence-corrected chi connectivity index (χ2v) is 4.90. The van der Waals surface area contributed by atoms with Crippen molar-refractivity contribution >= 4 is 11.9 Å². The average Bonchev–Trinajstić information content (AvgIpc) is 2.77. The number of unbranched alkanes of at least 4 members (excludes halogenated alkanes) is 4. The molecule has 0 fully saturated rings. The van der Waals surface area contributed by atoms with E-state index in [4.69, 9.17) is 5.11 Å². The van der Waals surface area contributed by atoms with Crippen LogP contribution in [0.25, 0.3) is 0 Å². The lowest BCUT2D eigenvalue weighted by Crippen LogP contribution is -2.33. The molecule has 2 unspecified atom stereocenters. The molecule has 0 aromatic heterocycles. The molecule has 0 saturated carbocycles. The summed E-state index contributed by atoms with van der Waals surface area (Å²) in [6.45, 7) is 2.16. The van der Waals surface area contributed by atoms with Crippen molar-refractivity contribution in [3.8, 4) is 0 Å². The third-order valence-electron chi connectivity index (χ3n) is 3.25. The van der Waals surface area contributed by atoms with E-state index in [1.54, 1.807) is 12.2 Å². The van der Waals surface area contributed by atoms with E-state index < -0.39 is 11.9 Å². The van der Waals surface area contributed by atoms with Gasteiger partial charge >= 0.3 is 5.97 Å². The summed E-state index contributed by atoms with van der Waals surface area (Å²) in [4.78, 5) is 22.4. The van der Waals surface area contributed by atoms with Crippen molar-refractivity contribution in [1.29, 1.82) is 0 Å². The van der Waals surface area contributed by atoms with E-state index in [2.05, 4.69) is 12.2 Å². The summed E-state index contributed by atoms with van der Waals surface area (Å²) in [7, 11) is 0. The predicted molar refractivity (Wildman–Crippen MR) is 70.2 cm³/mol. The highest BCUT2D eigenvalue weighted by molar-refractivity contribution is 5.77. The van der Waals surface area contributed by atoms with Crippen LogP contribution in [0.4, 0.5) is 0 Å². The largest absolute Gasteiger partial charge is 0.481 e. The maximum atomic E-state index is 11.6. The molecule has 0 bridgehead atoms. The molecular weight excluding hydrogens is 230 g/mol. The van der Waals surface area contributed by atoms with Gasteiger partial charge in [0.2, 0.25) is 5.91 Å². The van der Waals surface area contributed by atoms with Crippen LogP contribution in [0.5, 0.6) is 0 Å². The maximum absolute atomic E-state index is 11.6. The van der Waals surface area contributed by atoms with Gasteiger partial charge in [-0.3, -0.25) is 9.59 Å². The Bertz CT molecular complexity index is 312. The fourth-order valence-electron chi connectivity index (χ4n) is 2.16. The number of carbonyl (C=O) groups excluding carboxylic acids is 1. The number of rotatable bonds is 8. The first-order valence-corrected chi connectivity index (χ1v) is 6.84. The summed E-state index contributed by atoms with van der Waals surface area (Å²) in [5.74, 6) is -1.23. The topological polar surface area (TPSA) is 66.4 Å². The maximum Gasteiger partial charge on any atom is 0.310 e. The Morgan fingerprint density at radius 2 is 1.94 bits per heavy atom. The Kier molecular flexibility index (Phi) is 6.47. The molecule has 0 aromatic carbocycles. The first kappa shape index (κ1) is 14.7. The standard InChI is InChI=1S/C14H23NO3/c1-2-3-4-5-6-7-13(16)15-12-9-8-11(10-12)14(17)18/h8-9,11-12H,2-7,10H2,1H3,(H,15,16)(H,17,18). The average molecular weight is 253 g/mol. The highest BCUT2D eigenvalue weighted by Gasteiger charge is 2.24. The Labute approximate surface area is 108 Å². The Morgan fingerprint density at radius 1 is 1.22 bits per heavy atom. The van der Waals surface area contributed by atoms with E-state index in [1.165, 1.54) is 19.3 Å². The van der Waals surface area contributed by atoms with Gasteiger partial charge in [0.05, 0.1) is 5.92 Å². The molecular formula is C14H23NO3. The van der Waals surface area contributed by atoms with Crippen LogP contribution in [0.3, 0.4) is 0 Å². The SMILES string of the molecule is CCCCCCCC(=O)NC1C=CC(C(=O)O)C1. The molecule has 1 amide bonds. The van der Waals surface area contributed by atoms with Gasteiger partial charge in [0.15, 0.2) is 0 Å². The quantitative estimate of drug-likeness (QED) is 0.516. The number of nitrogens with one attached hydrogen (secondary N) is 1. The van der Waals surface area contributed by atoms with Gasteiger partial charge in [-0.25, -0.2) is 0 Å². The monoisotopic (exact) mass is 253 g/mol. The van der Waals surface area contributed by atoms with Gasteiger partial charge < -0.3 is 10.4 Å². The van der Waals surface area contributed by atoms with Crippen LogP contribution in [-0.2, 0) is 9.59 Å². The van der Waals surface area contributed by atoms with E-state index >= 15 is 0 Å². The van der Waals surface area contributed by atoms with Crippen molar-refractivity contribution in [1.82, 2.24) is 5.32 Å². The Hall–Kier alpha value is -1.32. The first-order chi connectivity index (χ1) is 8.63. The Balaban J connectivity index is 2.10. The van der Waals surface area contributed by atoms with Crippen molar-refractivity contribution in [3.63, 3.8) is 0 Å². The lowest BCUT2D eigenvalue weighted by molar-refractivity contribution is -0.140. The first-order valence-electron chi connectivity index (χ1n) is 6.84. The molecule has 0 heterocycles. The second kappa shape index (κ2) is 7.90. The fraction of sp³-hybridized carbons (Fsp3) is 0.714. The molecule has 2 atom stereocenters. The molecule has 4 heteroatoms. The highest BCUT2D eigenvalue weighted by atomic mass is 16.4. The normalized spacial score (nSPS) is 22.1. The zero-order valence-electron chi connectivity index (χ0n) is 11.0. The molecule has 4 nitrogen and oxygen atoms in total. The fourth-order valence-corrected chi connectivity index (χ4v) is 2.16. The van der Waals surface area contributed by atoms with E-state index in [9.17, 15) is 9.59 Å². The zero-order chi connectivity index (χ0) is 13.4. The van der Waals surface area contributed by atoms with E-state index in [-0.39, 0.29) is 11.9 Å². The molecule has 0 saturated heterocycles. The lowest BCUT2D eigenvalue weighted by atomic mass is 10.1. The van der Waals surface area contributed by atoms with Crippen molar-refractivity contribution in [2.24, 2.45) is 5.92 Å². The van der Waals surface area contributed by atoms with Gasteiger partial charge in [-0.15, -0.1) is 0 Å². The molecule has 0 aromatic rings. The van der Waals surface area contributed by atoms with Crippen LogP contribution >= 0.6 is 0 Å². The van der Waals surface area contributed by atoms with Gasteiger partial charge in [-0.2, -0.15) is 0 Å². The predicted octanol–water partition coefficient (Wildman–Crippen LogP) is 2.49. The third-order valence-corrected chi connectivity index (χ3v) is 3.25.